The molecule has 1 nitrogen and oxygen atoms in total. The van der Waals surface area contributed by atoms with Crippen LogP contribution in [0, 0.1) is 5.92 Å². The third kappa shape index (κ3) is 3.50. The zero-order chi connectivity index (χ0) is 13.8. The van der Waals surface area contributed by atoms with E-state index in [0.717, 1.165) is 5.92 Å². The van der Waals surface area contributed by atoms with Gasteiger partial charge in [-0.25, -0.2) is 0 Å². The second-order valence-corrected chi connectivity index (χ2v) is 5.82. The van der Waals surface area contributed by atoms with Crippen LogP contribution in [-0.4, -0.2) is 14.1 Å². The van der Waals surface area contributed by atoms with Crippen LogP contribution in [0.3, 0.4) is 0 Å². The molecule has 0 radical (unpaired) electrons. The molecule has 0 N–H and O–H groups in total. The minimum Gasteiger partial charge on any atom is -0.378 e. The molecule has 1 aliphatic carbocycles. The summed E-state index contributed by atoms with van der Waals surface area (Å²) in [5, 5.41) is 0. The summed E-state index contributed by atoms with van der Waals surface area (Å²) in [5.41, 5.74) is 5.64. The molecule has 1 aromatic rings. The Balaban J connectivity index is 2.12. The van der Waals surface area contributed by atoms with E-state index in [4.69, 9.17) is 0 Å². The number of benzene rings is 1. The summed E-state index contributed by atoms with van der Waals surface area (Å²) >= 11 is 0. The van der Waals surface area contributed by atoms with Gasteiger partial charge in [0.25, 0.3) is 0 Å². The molecule has 1 heteroatoms. The van der Waals surface area contributed by atoms with Crippen LogP contribution in [-0.2, 0) is 0 Å². The van der Waals surface area contributed by atoms with Crippen molar-refractivity contribution in [3.05, 3.63) is 47.1 Å². The Morgan fingerprint density at radius 2 is 1.79 bits per heavy atom. The molecule has 0 saturated heterocycles. The molecular formula is C18H25N. The van der Waals surface area contributed by atoms with E-state index in [-0.39, 0.29) is 0 Å². The van der Waals surface area contributed by atoms with Crippen molar-refractivity contribution in [2.75, 3.05) is 19.0 Å². The highest BCUT2D eigenvalue weighted by Crippen LogP contribution is 2.30. The van der Waals surface area contributed by atoms with E-state index >= 15 is 0 Å². The average molecular weight is 255 g/mol. The summed E-state index contributed by atoms with van der Waals surface area (Å²) in [4.78, 5) is 2.13. The van der Waals surface area contributed by atoms with E-state index in [9.17, 15) is 0 Å². The Kier molecular flexibility index (Phi) is 4.47. The summed E-state index contributed by atoms with van der Waals surface area (Å²) in [6, 6.07) is 8.72. The molecule has 19 heavy (non-hydrogen) atoms. The van der Waals surface area contributed by atoms with Gasteiger partial charge in [0.05, 0.1) is 0 Å². The number of nitrogens with zero attached hydrogens (tertiary/aromatic N) is 1. The average Bonchev–Trinajstić information content (AvgIpc) is 2.41. The van der Waals surface area contributed by atoms with Crippen molar-refractivity contribution in [1.82, 2.24) is 0 Å². The van der Waals surface area contributed by atoms with Crippen LogP contribution in [0.1, 0.15) is 38.7 Å². The number of hydrogen-bond donors (Lipinski definition) is 0. The predicted molar refractivity (Wildman–Crippen MR) is 85.5 cm³/mol. The first-order chi connectivity index (χ1) is 9.08. The molecule has 0 fully saturated rings. The maximum absolute atomic E-state index is 2.34. The van der Waals surface area contributed by atoms with Gasteiger partial charge in [0, 0.05) is 19.8 Å². The fraction of sp³-hybridized carbons (Fsp3) is 0.444. The van der Waals surface area contributed by atoms with E-state index in [1.807, 2.05) is 0 Å². The van der Waals surface area contributed by atoms with E-state index in [1.54, 1.807) is 5.57 Å². The summed E-state index contributed by atoms with van der Waals surface area (Å²) in [5.74, 6) is 0.754. The Morgan fingerprint density at radius 1 is 1.11 bits per heavy atom. The van der Waals surface area contributed by atoms with Crippen LogP contribution >= 0.6 is 0 Å². The van der Waals surface area contributed by atoms with Gasteiger partial charge in [0.1, 0.15) is 0 Å². The highest BCUT2D eigenvalue weighted by molar-refractivity contribution is 5.58. The highest BCUT2D eigenvalue weighted by atomic mass is 15.1. The topological polar surface area (TPSA) is 3.24 Å². The summed E-state index contributed by atoms with van der Waals surface area (Å²) in [6.45, 7) is 4.63. The second-order valence-electron chi connectivity index (χ2n) is 5.82. The Bertz CT molecular complexity index is 477. The molecule has 0 heterocycles. The van der Waals surface area contributed by atoms with Crippen LogP contribution in [0.5, 0.6) is 0 Å². The van der Waals surface area contributed by atoms with E-state index in [0.29, 0.717) is 0 Å². The summed E-state index contributed by atoms with van der Waals surface area (Å²) in [7, 11) is 4.14. The van der Waals surface area contributed by atoms with Crippen molar-refractivity contribution in [3.8, 4) is 0 Å². The molecule has 0 aliphatic heterocycles. The van der Waals surface area contributed by atoms with Crippen LogP contribution in [0.25, 0.3) is 6.08 Å². The minimum absolute atomic E-state index is 0.754. The van der Waals surface area contributed by atoms with Gasteiger partial charge >= 0.3 is 0 Å². The number of hydrogen-bond acceptors (Lipinski definition) is 1. The fourth-order valence-electron chi connectivity index (χ4n) is 2.62. The lowest BCUT2D eigenvalue weighted by molar-refractivity contribution is 0.541. The molecule has 0 aromatic heterocycles. The van der Waals surface area contributed by atoms with Gasteiger partial charge in [-0.15, -0.1) is 0 Å². The van der Waals surface area contributed by atoms with Crippen molar-refractivity contribution in [2.45, 2.75) is 33.1 Å². The Hall–Kier alpha value is -1.50. The van der Waals surface area contributed by atoms with Crippen LogP contribution in [0.2, 0.25) is 0 Å². The van der Waals surface area contributed by atoms with Gasteiger partial charge in [-0.05, 0) is 55.4 Å². The standard InChI is InChI=1S/C18H25N/c1-14-6-5-7-17(15(14)2)11-8-16-9-12-18(13-10-16)19(3)4/h8-14H,5-7H2,1-4H3/b11-8+. The van der Waals surface area contributed by atoms with Crippen LogP contribution in [0.15, 0.2) is 41.5 Å². The molecule has 1 aromatic carbocycles. The van der Waals surface area contributed by atoms with Gasteiger partial charge < -0.3 is 4.90 Å². The molecule has 0 bridgehead atoms. The zero-order valence-electron chi connectivity index (χ0n) is 12.6. The Morgan fingerprint density at radius 3 is 2.42 bits per heavy atom. The number of rotatable bonds is 3. The molecule has 0 saturated carbocycles. The number of anilines is 1. The molecule has 1 unspecified atom stereocenters. The molecule has 0 spiro atoms. The molecular weight excluding hydrogens is 230 g/mol. The predicted octanol–water partition coefficient (Wildman–Crippen LogP) is 4.90. The SMILES string of the molecule is CC1=C(/C=C/c2ccc(N(C)C)cc2)CCCC1C. The van der Waals surface area contributed by atoms with Crippen molar-refractivity contribution >= 4 is 11.8 Å². The van der Waals surface area contributed by atoms with Crippen molar-refractivity contribution in [3.63, 3.8) is 0 Å². The van der Waals surface area contributed by atoms with Gasteiger partial charge in [-0.2, -0.15) is 0 Å². The van der Waals surface area contributed by atoms with E-state index in [2.05, 4.69) is 69.3 Å². The normalized spacial score (nSPS) is 20.1. The maximum Gasteiger partial charge on any atom is 0.0361 e. The number of allylic oxidation sites excluding steroid dienone is 3. The molecule has 102 valence electrons. The molecule has 2 rings (SSSR count). The second kappa shape index (κ2) is 6.10. The molecule has 1 aliphatic rings. The fourth-order valence-corrected chi connectivity index (χ4v) is 2.62. The quantitative estimate of drug-likeness (QED) is 0.742. The van der Waals surface area contributed by atoms with Crippen LogP contribution in [0.4, 0.5) is 5.69 Å². The van der Waals surface area contributed by atoms with Crippen molar-refractivity contribution in [2.24, 2.45) is 5.92 Å². The highest BCUT2D eigenvalue weighted by Gasteiger charge is 2.13. The van der Waals surface area contributed by atoms with Gasteiger partial charge in [-0.3, -0.25) is 0 Å². The zero-order valence-corrected chi connectivity index (χ0v) is 12.6. The van der Waals surface area contributed by atoms with Crippen molar-refractivity contribution in [1.29, 1.82) is 0 Å². The first kappa shape index (κ1) is 13.9. The van der Waals surface area contributed by atoms with Crippen LogP contribution < -0.4 is 4.90 Å². The monoisotopic (exact) mass is 255 g/mol. The van der Waals surface area contributed by atoms with Gasteiger partial charge in [0.2, 0.25) is 0 Å². The first-order valence-corrected chi connectivity index (χ1v) is 7.23. The lowest BCUT2D eigenvalue weighted by atomic mass is 9.84. The van der Waals surface area contributed by atoms with Gasteiger partial charge in [-0.1, -0.05) is 36.8 Å². The molecule has 1 atom stereocenters. The van der Waals surface area contributed by atoms with Gasteiger partial charge in [0.15, 0.2) is 0 Å². The third-order valence-corrected chi connectivity index (χ3v) is 4.22. The van der Waals surface area contributed by atoms with Crippen molar-refractivity contribution < 1.29 is 0 Å². The minimum atomic E-state index is 0.754. The third-order valence-electron chi connectivity index (χ3n) is 4.22. The maximum atomic E-state index is 2.34. The largest absolute Gasteiger partial charge is 0.378 e. The lowest BCUT2D eigenvalue weighted by Gasteiger charge is -2.21. The molecule has 0 amide bonds. The smallest absolute Gasteiger partial charge is 0.0361 e. The summed E-state index contributed by atoms with van der Waals surface area (Å²) < 4.78 is 0. The summed E-state index contributed by atoms with van der Waals surface area (Å²) in [6.07, 6.45) is 8.48. The lowest BCUT2D eigenvalue weighted by Crippen LogP contribution is -2.07. The first-order valence-electron chi connectivity index (χ1n) is 7.23. The van der Waals surface area contributed by atoms with E-state index in [1.165, 1.54) is 36.1 Å². The van der Waals surface area contributed by atoms with E-state index < -0.39 is 0 Å². The Labute approximate surface area is 117 Å².